The molecule has 0 aliphatic carbocycles. The highest BCUT2D eigenvalue weighted by molar-refractivity contribution is 9.10. The van der Waals surface area contributed by atoms with Gasteiger partial charge in [0.15, 0.2) is 11.0 Å². The van der Waals surface area contributed by atoms with Crippen molar-refractivity contribution in [3.05, 3.63) is 52.9 Å². The summed E-state index contributed by atoms with van der Waals surface area (Å²) >= 11 is 4.74. The molecule has 0 aliphatic heterocycles. The number of furan rings is 1. The second kappa shape index (κ2) is 8.81. The van der Waals surface area contributed by atoms with E-state index in [0.29, 0.717) is 17.5 Å². The Morgan fingerprint density at radius 1 is 1.35 bits per heavy atom. The van der Waals surface area contributed by atoms with E-state index < -0.39 is 0 Å². The molecule has 0 bridgehead atoms. The number of hydrazone groups is 1. The topological polar surface area (TPSA) is 85.3 Å². The van der Waals surface area contributed by atoms with Crippen molar-refractivity contribution in [3.63, 3.8) is 0 Å². The van der Waals surface area contributed by atoms with Gasteiger partial charge in [-0.1, -0.05) is 39.8 Å². The molecule has 0 spiro atoms. The molecule has 0 atom stereocenters. The van der Waals surface area contributed by atoms with Gasteiger partial charge in [0.25, 0.3) is 5.91 Å². The van der Waals surface area contributed by atoms with Gasteiger partial charge in [-0.05, 0) is 31.2 Å². The molecule has 1 N–H and O–H groups in total. The van der Waals surface area contributed by atoms with Crippen LogP contribution in [0.1, 0.15) is 12.7 Å². The monoisotopic (exact) mass is 433 g/mol. The van der Waals surface area contributed by atoms with Crippen LogP contribution < -0.4 is 5.43 Å². The molecule has 3 rings (SSSR count). The summed E-state index contributed by atoms with van der Waals surface area (Å²) in [7, 11) is 0. The Kier molecular flexibility index (Phi) is 6.24. The number of rotatable bonds is 7. The molecular weight excluding hydrogens is 418 g/mol. The highest BCUT2D eigenvalue weighted by Crippen LogP contribution is 2.25. The Hall–Kier alpha value is -2.39. The van der Waals surface area contributed by atoms with E-state index in [-0.39, 0.29) is 11.7 Å². The summed E-state index contributed by atoms with van der Waals surface area (Å²) in [5, 5.41) is 13.0. The van der Waals surface area contributed by atoms with Gasteiger partial charge in [0.2, 0.25) is 0 Å². The lowest BCUT2D eigenvalue weighted by Gasteiger charge is -2.07. The molecule has 0 unspecified atom stereocenters. The fourth-order valence-corrected chi connectivity index (χ4v) is 3.25. The standard InChI is InChI=1S/C17H16BrN5O2S/c1-2-23-16(12-5-7-13(18)8-6-12)21-22-17(23)26-11-15(24)20-19-10-14-4-3-9-25-14/h3-10H,2,11H2,1H3,(H,20,24)/b19-10-. The third kappa shape index (κ3) is 4.61. The summed E-state index contributed by atoms with van der Waals surface area (Å²) in [6.07, 6.45) is 2.99. The Balaban J connectivity index is 1.61. The Bertz CT molecular complexity index is 891. The van der Waals surface area contributed by atoms with Crippen LogP contribution in [0, 0.1) is 0 Å². The zero-order chi connectivity index (χ0) is 18.4. The van der Waals surface area contributed by atoms with E-state index in [1.165, 1.54) is 18.0 Å². The number of carbonyl (C=O) groups is 1. The van der Waals surface area contributed by atoms with E-state index >= 15 is 0 Å². The zero-order valence-electron chi connectivity index (χ0n) is 13.9. The number of amides is 1. The molecule has 9 heteroatoms. The van der Waals surface area contributed by atoms with Crippen LogP contribution in [0.2, 0.25) is 0 Å². The number of thioether (sulfide) groups is 1. The summed E-state index contributed by atoms with van der Waals surface area (Å²) in [5.41, 5.74) is 3.43. The Morgan fingerprint density at radius 3 is 2.85 bits per heavy atom. The maximum absolute atomic E-state index is 11.9. The first-order chi connectivity index (χ1) is 12.7. The van der Waals surface area contributed by atoms with Crippen LogP contribution in [0.15, 0.2) is 61.8 Å². The van der Waals surface area contributed by atoms with Gasteiger partial charge in [0.1, 0.15) is 5.76 Å². The second-order valence-electron chi connectivity index (χ2n) is 5.15. The molecule has 2 aromatic heterocycles. The van der Waals surface area contributed by atoms with Crippen molar-refractivity contribution in [3.8, 4) is 11.4 Å². The van der Waals surface area contributed by atoms with Crippen LogP contribution in [-0.2, 0) is 11.3 Å². The fraction of sp³-hybridized carbons (Fsp3) is 0.176. The quantitative estimate of drug-likeness (QED) is 0.349. The molecule has 0 saturated carbocycles. The Morgan fingerprint density at radius 2 is 2.15 bits per heavy atom. The van der Waals surface area contributed by atoms with E-state index in [9.17, 15) is 4.79 Å². The van der Waals surface area contributed by atoms with Gasteiger partial charge in [-0.25, -0.2) is 5.43 Å². The molecule has 0 radical (unpaired) electrons. The predicted molar refractivity (Wildman–Crippen MR) is 104 cm³/mol. The van der Waals surface area contributed by atoms with Gasteiger partial charge in [-0.15, -0.1) is 10.2 Å². The molecule has 0 fully saturated rings. The van der Waals surface area contributed by atoms with Crippen molar-refractivity contribution >= 4 is 39.8 Å². The number of nitrogens with zero attached hydrogens (tertiary/aromatic N) is 4. The maximum atomic E-state index is 11.9. The molecule has 0 saturated heterocycles. The molecule has 2 heterocycles. The lowest BCUT2D eigenvalue weighted by Crippen LogP contribution is -2.20. The first-order valence-corrected chi connectivity index (χ1v) is 9.62. The van der Waals surface area contributed by atoms with Crippen LogP contribution in [0.3, 0.4) is 0 Å². The first-order valence-electron chi connectivity index (χ1n) is 7.84. The molecule has 134 valence electrons. The van der Waals surface area contributed by atoms with Crippen molar-refractivity contribution in [1.29, 1.82) is 0 Å². The summed E-state index contributed by atoms with van der Waals surface area (Å²) in [5.74, 6) is 1.31. The van der Waals surface area contributed by atoms with Crippen molar-refractivity contribution in [1.82, 2.24) is 20.2 Å². The number of hydrogen-bond donors (Lipinski definition) is 1. The van der Waals surface area contributed by atoms with Gasteiger partial charge in [-0.3, -0.25) is 4.79 Å². The highest BCUT2D eigenvalue weighted by atomic mass is 79.9. The number of nitrogens with one attached hydrogen (secondary N) is 1. The molecule has 1 amide bonds. The molecule has 0 aliphatic rings. The van der Waals surface area contributed by atoms with Gasteiger partial charge in [-0.2, -0.15) is 5.10 Å². The molecular formula is C17H16BrN5O2S. The predicted octanol–water partition coefficient (Wildman–Crippen LogP) is 3.56. The summed E-state index contributed by atoms with van der Waals surface area (Å²) in [6, 6.07) is 11.4. The lowest BCUT2D eigenvalue weighted by atomic mass is 10.2. The molecule has 3 aromatic rings. The third-order valence-electron chi connectivity index (χ3n) is 3.39. The minimum Gasteiger partial charge on any atom is -0.463 e. The average Bonchev–Trinajstić information content (AvgIpc) is 3.30. The normalized spacial score (nSPS) is 11.2. The average molecular weight is 434 g/mol. The van der Waals surface area contributed by atoms with Crippen molar-refractivity contribution in [2.45, 2.75) is 18.6 Å². The summed E-state index contributed by atoms with van der Waals surface area (Å²) in [6.45, 7) is 2.72. The lowest BCUT2D eigenvalue weighted by molar-refractivity contribution is -0.118. The van der Waals surface area contributed by atoms with Gasteiger partial charge >= 0.3 is 0 Å². The van der Waals surface area contributed by atoms with E-state index in [1.807, 2.05) is 35.8 Å². The molecule has 7 nitrogen and oxygen atoms in total. The van der Waals surface area contributed by atoms with E-state index in [4.69, 9.17) is 4.42 Å². The van der Waals surface area contributed by atoms with Gasteiger partial charge in [0.05, 0.1) is 18.2 Å². The fourth-order valence-electron chi connectivity index (χ4n) is 2.19. The number of benzene rings is 1. The van der Waals surface area contributed by atoms with E-state index in [2.05, 4.69) is 36.7 Å². The third-order valence-corrected chi connectivity index (χ3v) is 4.89. The van der Waals surface area contributed by atoms with Crippen LogP contribution >= 0.6 is 27.7 Å². The Labute approximate surface area is 163 Å². The van der Waals surface area contributed by atoms with Gasteiger partial charge < -0.3 is 8.98 Å². The SMILES string of the molecule is CCn1c(SCC(=O)N/N=C\c2ccco2)nnc1-c1ccc(Br)cc1. The number of aromatic nitrogens is 3. The van der Waals surface area contributed by atoms with Crippen LogP contribution in [0.25, 0.3) is 11.4 Å². The number of halogens is 1. The maximum Gasteiger partial charge on any atom is 0.250 e. The van der Waals surface area contributed by atoms with Gasteiger partial charge in [0, 0.05) is 16.6 Å². The largest absolute Gasteiger partial charge is 0.463 e. The van der Waals surface area contributed by atoms with Crippen LogP contribution in [-0.4, -0.2) is 32.6 Å². The van der Waals surface area contributed by atoms with E-state index in [0.717, 1.165) is 15.9 Å². The second-order valence-corrected chi connectivity index (χ2v) is 7.01. The molecule has 1 aromatic carbocycles. The smallest absolute Gasteiger partial charge is 0.250 e. The summed E-state index contributed by atoms with van der Waals surface area (Å²) in [4.78, 5) is 11.9. The van der Waals surface area contributed by atoms with Crippen LogP contribution in [0.5, 0.6) is 0 Å². The van der Waals surface area contributed by atoms with Crippen molar-refractivity contribution < 1.29 is 9.21 Å². The van der Waals surface area contributed by atoms with Crippen molar-refractivity contribution in [2.24, 2.45) is 5.10 Å². The minimum atomic E-state index is -0.228. The zero-order valence-corrected chi connectivity index (χ0v) is 16.3. The molecule has 26 heavy (non-hydrogen) atoms. The number of carbonyl (C=O) groups excluding carboxylic acids is 1. The van der Waals surface area contributed by atoms with E-state index in [1.54, 1.807) is 18.4 Å². The first kappa shape index (κ1) is 18.4. The number of hydrogen-bond acceptors (Lipinski definition) is 6. The highest BCUT2D eigenvalue weighted by Gasteiger charge is 2.14. The summed E-state index contributed by atoms with van der Waals surface area (Å²) < 4.78 is 8.08. The minimum absolute atomic E-state index is 0.188. The van der Waals surface area contributed by atoms with Crippen LogP contribution in [0.4, 0.5) is 0 Å². The van der Waals surface area contributed by atoms with Crippen molar-refractivity contribution in [2.75, 3.05) is 5.75 Å².